The van der Waals surface area contributed by atoms with Gasteiger partial charge in [-0.05, 0) is 6.92 Å². The van der Waals surface area contributed by atoms with Gasteiger partial charge in [0.05, 0.1) is 11.9 Å². The van der Waals surface area contributed by atoms with E-state index in [-0.39, 0.29) is 23.3 Å². The van der Waals surface area contributed by atoms with Crippen molar-refractivity contribution in [2.75, 3.05) is 11.9 Å². The molecule has 0 aliphatic carbocycles. The van der Waals surface area contributed by atoms with Crippen molar-refractivity contribution in [1.29, 1.82) is 0 Å². The summed E-state index contributed by atoms with van der Waals surface area (Å²) in [7, 11) is 0. The Balaban J connectivity index is 3.10. The predicted octanol–water partition coefficient (Wildman–Crippen LogP) is 2.32. The van der Waals surface area contributed by atoms with E-state index in [0.29, 0.717) is 5.56 Å². The lowest BCUT2D eigenvalue weighted by atomic mass is 10.0. The number of carbonyl (C=O) groups is 3. The van der Waals surface area contributed by atoms with Crippen LogP contribution < -0.4 is 0 Å². The van der Waals surface area contributed by atoms with Crippen molar-refractivity contribution >= 4 is 33.5 Å². The van der Waals surface area contributed by atoms with Crippen LogP contribution in [0.3, 0.4) is 0 Å². The molecule has 5 heteroatoms. The normalized spacial score (nSPS) is 10.9. The molecule has 0 saturated heterocycles. The van der Waals surface area contributed by atoms with Crippen molar-refractivity contribution in [3.05, 3.63) is 47.5 Å². The van der Waals surface area contributed by atoms with Gasteiger partial charge < -0.3 is 4.74 Å². The summed E-state index contributed by atoms with van der Waals surface area (Å²) < 4.78 is 4.80. The van der Waals surface area contributed by atoms with Crippen LogP contribution in [0.2, 0.25) is 0 Å². The molecule has 100 valence electrons. The molecule has 0 amide bonds. The topological polar surface area (TPSA) is 60.4 Å². The third-order valence-electron chi connectivity index (χ3n) is 2.21. The zero-order valence-corrected chi connectivity index (χ0v) is 12.0. The molecule has 0 aromatic heterocycles. The number of hydrogen-bond acceptors (Lipinski definition) is 4. The Morgan fingerprint density at radius 2 is 1.84 bits per heavy atom. The van der Waals surface area contributed by atoms with Gasteiger partial charge in [-0.25, -0.2) is 4.79 Å². The fourth-order valence-corrected chi connectivity index (χ4v) is 1.53. The maximum atomic E-state index is 12.2. The van der Waals surface area contributed by atoms with Gasteiger partial charge in [-0.2, -0.15) is 0 Å². The average Bonchev–Trinajstić information content (AvgIpc) is 2.44. The molecule has 0 aliphatic heterocycles. The standard InChI is InChI=1S/C14H13BrO4/c1-2-19-14(18)12(8-11(16)9-15)13(17)10-6-4-3-5-7-10/h3-8H,2,9H2,1H3/b12-8+. The first-order valence-corrected chi connectivity index (χ1v) is 6.79. The summed E-state index contributed by atoms with van der Waals surface area (Å²) in [6.07, 6.45) is 1.02. The van der Waals surface area contributed by atoms with Gasteiger partial charge in [-0.1, -0.05) is 46.3 Å². The number of ether oxygens (including phenoxy) is 1. The highest BCUT2D eigenvalue weighted by molar-refractivity contribution is 9.09. The van der Waals surface area contributed by atoms with E-state index in [2.05, 4.69) is 15.9 Å². The lowest BCUT2D eigenvalue weighted by molar-refractivity contribution is -0.138. The third kappa shape index (κ3) is 4.44. The summed E-state index contributed by atoms with van der Waals surface area (Å²) in [6, 6.07) is 8.28. The predicted molar refractivity (Wildman–Crippen MR) is 74.3 cm³/mol. The number of Topliss-reactive ketones (excluding diaryl/α,β-unsaturated/α-hetero) is 1. The summed E-state index contributed by atoms with van der Waals surface area (Å²) in [5.74, 6) is -1.67. The molecular formula is C14H13BrO4. The first kappa shape index (κ1) is 15.3. The zero-order chi connectivity index (χ0) is 14.3. The number of hydrogen-bond donors (Lipinski definition) is 0. The van der Waals surface area contributed by atoms with Crippen molar-refractivity contribution in [2.24, 2.45) is 0 Å². The highest BCUT2D eigenvalue weighted by atomic mass is 79.9. The molecule has 19 heavy (non-hydrogen) atoms. The van der Waals surface area contributed by atoms with E-state index in [1.165, 1.54) is 0 Å². The van der Waals surface area contributed by atoms with E-state index in [0.717, 1.165) is 6.08 Å². The molecule has 0 unspecified atom stereocenters. The van der Waals surface area contributed by atoms with Crippen LogP contribution in [0.4, 0.5) is 0 Å². The van der Waals surface area contributed by atoms with Gasteiger partial charge in [-0.15, -0.1) is 0 Å². The Labute approximate surface area is 119 Å². The maximum Gasteiger partial charge on any atom is 0.342 e. The number of rotatable bonds is 6. The number of halogens is 1. The van der Waals surface area contributed by atoms with Gasteiger partial charge in [0.1, 0.15) is 5.57 Å². The van der Waals surface area contributed by atoms with Crippen molar-refractivity contribution in [2.45, 2.75) is 6.92 Å². The van der Waals surface area contributed by atoms with Crippen LogP contribution >= 0.6 is 15.9 Å². The second kappa shape index (κ2) is 7.63. The third-order valence-corrected chi connectivity index (χ3v) is 2.77. The molecule has 0 fully saturated rings. The van der Waals surface area contributed by atoms with E-state index in [1.807, 2.05) is 0 Å². The molecule has 1 aromatic rings. The van der Waals surface area contributed by atoms with Gasteiger partial charge in [0.25, 0.3) is 0 Å². The van der Waals surface area contributed by atoms with Crippen molar-refractivity contribution in [3.8, 4) is 0 Å². The Morgan fingerprint density at radius 1 is 1.21 bits per heavy atom. The van der Waals surface area contributed by atoms with Gasteiger partial charge in [0.2, 0.25) is 0 Å². The van der Waals surface area contributed by atoms with Crippen LogP contribution in [-0.4, -0.2) is 29.5 Å². The Morgan fingerprint density at radius 3 is 2.37 bits per heavy atom. The molecule has 0 radical (unpaired) electrons. The van der Waals surface area contributed by atoms with E-state index >= 15 is 0 Å². The maximum absolute atomic E-state index is 12.2. The molecule has 1 aromatic carbocycles. The largest absolute Gasteiger partial charge is 0.462 e. The molecule has 0 spiro atoms. The Bertz CT molecular complexity index is 505. The second-order valence-corrected chi connectivity index (χ2v) is 4.13. The minimum atomic E-state index is -0.786. The molecule has 4 nitrogen and oxygen atoms in total. The lowest BCUT2D eigenvalue weighted by Crippen LogP contribution is -2.18. The first-order valence-electron chi connectivity index (χ1n) is 5.67. The number of ketones is 2. The van der Waals surface area contributed by atoms with Crippen LogP contribution in [-0.2, 0) is 14.3 Å². The van der Waals surface area contributed by atoms with Crippen molar-refractivity contribution < 1.29 is 19.1 Å². The summed E-state index contributed by atoms with van der Waals surface area (Å²) >= 11 is 2.98. The highest BCUT2D eigenvalue weighted by Crippen LogP contribution is 2.10. The van der Waals surface area contributed by atoms with Gasteiger partial charge in [0.15, 0.2) is 11.6 Å². The van der Waals surface area contributed by atoms with Gasteiger partial charge in [0, 0.05) is 11.6 Å². The van der Waals surface area contributed by atoms with Crippen molar-refractivity contribution in [1.82, 2.24) is 0 Å². The second-order valence-electron chi connectivity index (χ2n) is 3.57. The van der Waals surface area contributed by atoms with Crippen LogP contribution in [0.1, 0.15) is 17.3 Å². The highest BCUT2D eigenvalue weighted by Gasteiger charge is 2.21. The van der Waals surface area contributed by atoms with Crippen LogP contribution in [0.15, 0.2) is 42.0 Å². The van der Waals surface area contributed by atoms with E-state index in [9.17, 15) is 14.4 Å². The van der Waals surface area contributed by atoms with Crippen LogP contribution in [0.5, 0.6) is 0 Å². The van der Waals surface area contributed by atoms with E-state index < -0.39 is 11.8 Å². The smallest absolute Gasteiger partial charge is 0.342 e. The minimum Gasteiger partial charge on any atom is -0.462 e. The van der Waals surface area contributed by atoms with Gasteiger partial charge >= 0.3 is 5.97 Å². The fraction of sp³-hybridized carbons (Fsp3) is 0.214. The summed E-state index contributed by atoms with van der Waals surface area (Å²) in [5, 5.41) is 0.0397. The molecule has 0 atom stereocenters. The summed E-state index contributed by atoms with van der Waals surface area (Å²) in [6.45, 7) is 1.77. The zero-order valence-electron chi connectivity index (χ0n) is 10.4. The minimum absolute atomic E-state index is 0.0397. The number of carbonyl (C=O) groups excluding carboxylic acids is 3. The van der Waals surface area contributed by atoms with E-state index in [1.54, 1.807) is 37.3 Å². The quantitative estimate of drug-likeness (QED) is 0.201. The fourth-order valence-electron chi connectivity index (χ4n) is 1.37. The summed E-state index contributed by atoms with van der Waals surface area (Å²) in [5.41, 5.74) is 0.0849. The lowest BCUT2D eigenvalue weighted by Gasteiger charge is -2.05. The van der Waals surface area contributed by atoms with Crippen molar-refractivity contribution in [3.63, 3.8) is 0 Å². The number of allylic oxidation sites excluding steroid dienone is 1. The molecule has 0 heterocycles. The Hall–Kier alpha value is -1.75. The SMILES string of the molecule is CCOC(=O)/C(=C/C(=O)CBr)C(=O)c1ccccc1. The monoisotopic (exact) mass is 324 g/mol. The van der Waals surface area contributed by atoms with Crippen LogP contribution in [0, 0.1) is 0 Å². The molecule has 0 bridgehead atoms. The number of benzene rings is 1. The molecule has 1 rings (SSSR count). The van der Waals surface area contributed by atoms with Crippen LogP contribution in [0.25, 0.3) is 0 Å². The average molecular weight is 325 g/mol. The molecular weight excluding hydrogens is 312 g/mol. The van der Waals surface area contributed by atoms with Gasteiger partial charge in [-0.3, -0.25) is 9.59 Å². The molecule has 0 N–H and O–H groups in total. The molecule has 0 saturated carbocycles. The number of alkyl halides is 1. The molecule has 0 aliphatic rings. The first-order chi connectivity index (χ1) is 9.10. The Kier molecular flexibility index (Phi) is 6.15. The van der Waals surface area contributed by atoms with E-state index in [4.69, 9.17) is 4.74 Å². The number of esters is 1. The summed E-state index contributed by atoms with van der Waals surface area (Å²) in [4.78, 5) is 35.3.